The minimum atomic E-state index is -1.46. The van der Waals surface area contributed by atoms with E-state index in [0.717, 1.165) is 52.4 Å². The second-order valence-electron chi connectivity index (χ2n) is 10.2. The maximum absolute atomic E-state index is 13.4. The maximum atomic E-state index is 13.4. The predicted octanol–water partition coefficient (Wildman–Crippen LogP) is 6.00. The van der Waals surface area contributed by atoms with Gasteiger partial charge in [-0.15, -0.1) is 11.8 Å². The van der Waals surface area contributed by atoms with Crippen molar-refractivity contribution in [3.63, 3.8) is 0 Å². The normalized spacial score (nSPS) is 23.6. The maximum Gasteiger partial charge on any atom is 0.236 e. The van der Waals surface area contributed by atoms with E-state index >= 15 is 0 Å². The summed E-state index contributed by atoms with van der Waals surface area (Å²) in [5.41, 5.74) is -0.00577. The standard InChI is InChI=1S/C30H30FN2O2S/c31-25-11-13-27(14-12-25)36-28-21-33(17-15-22(28)16-18-33)20-26-19-32-29(35-26)30(34,23-7-3-1-4-8-23)24-9-5-2-6-10-24/h1-14,19,22,28,34H,15-18,20-21H2/q+1/t22?,28-,33?/m0/s1. The Morgan fingerprint density at radius 1 is 0.917 bits per heavy atom. The van der Waals surface area contributed by atoms with Gasteiger partial charge in [-0.05, 0) is 41.3 Å². The van der Waals surface area contributed by atoms with Gasteiger partial charge in [0, 0.05) is 17.7 Å². The molecule has 3 saturated heterocycles. The number of nitrogens with zero attached hydrogens (tertiary/aromatic N) is 2. The molecule has 1 N–H and O–H groups in total. The summed E-state index contributed by atoms with van der Waals surface area (Å²) in [6.07, 6.45) is 4.18. The molecule has 1 aromatic heterocycles. The molecule has 7 rings (SSSR count). The summed E-state index contributed by atoms with van der Waals surface area (Å²) in [5.74, 6) is 1.62. The molecule has 0 unspecified atom stereocenters. The van der Waals surface area contributed by atoms with E-state index in [-0.39, 0.29) is 5.82 Å². The number of aliphatic hydroxyl groups is 1. The van der Waals surface area contributed by atoms with Crippen LogP contribution in [-0.2, 0) is 12.1 Å². The van der Waals surface area contributed by atoms with Crippen molar-refractivity contribution in [3.05, 3.63) is 120 Å². The lowest BCUT2D eigenvalue weighted by molar-refractivity contribution is -0.954. The van der Waals surface area contributed by atoms with Crippen LogP contribution in [0.15, 0.2) is 100 Å². The first-order valence-electron chi connectivity index (χ1n) is 12.6. The van der Waals surface area contributed by atoms with Crippen molar-refractivity contribution in [2.75, 3.05) is 19.6 Å². The first-order chi connectivity index (χ1) is 17.5. The van der Waals surface area contributed by atoms with E-state index in [0.29, 0.717) is 17.1 Å². The minimum Gasteiger partial charge on any atom is -0.436 e. The second-order valence-corrected chi connectivity index (χ2v) is 11.5. The summed E-state index contributed by atoms with van der Waals surface area (Å²) in [6.45, 7) is 4.08. The smallest absolute Gasteiger partial charge is 0.236 e. The van der Waals surface area contributed by atoms with Crippen molar-refractivity contribution >= 4 is 11.8 Å². The third kappa shape index (κ3) is 4.38. The van der Waals surface area contributed by atoms with Gasteiger partial charge in [0.2, 0.25) is 5.89 Å². The Bertz CT molecular complexity index is 1260. The predicted molar refractivity (Wildman–Crippen MR) is 139 cm³/mol. The molecule has 3 aromatic carbocycles. The summed E-state index contributed by atoms with van der Waals surface area (Å²) in [6, 6.07) is 26.0. The third-order valence-corrected chi connectivity index (χ3v) is 9.26. The van der Waals surface area contributed by atoms with Crippen molar-refractivity contribution in [1.29, 1.82) is 0 Å². The van der Waals surface area contributed by atoms with E-state index in [1.807, 2.05) is 84.6 Å². The second kappa shape index (κ2) is 9.51. The fourth-order valence-electron chi connectivity index (χ4n) is 5.92. The van der Waals surface area contributed by atoms with Crippen LogP contribution in [0.5, 0.6) is 0 Å². The quantitative estimate of drug-likeness (QED) is 0.316. The Balaban J connectivity index is 1.26. The van der Waals surface area contributed by atoms with E-state index in [1.165, 1.54) is 12.8 Å². The van der Waals surface area contributed by atoms with Crippen LogP contribution in [0.25, 0.3) is 0 Å². The number of hydrogen-bond acceptors (Lipinski definition) is 4. The number of quaternary nitrogens is 1. The molecule has 36 heavy (non-hydrogen) atoms. The lowest BCUT2D eigenvalue weighted by Gasteiger charge is -2.52. The molecule has 3 aliphatic heterocycles. The molecule has 0 amide bonds. The molecule has 3 aliphatic rings. The van der Waals surface area contributed by atoms with Gasteiger partial charge in [-0.3, -0.25) is 0 Å². The highest BCUT2D eigenvalue weighted by atomic mass is 32.2. The van der Waals surface area contributed by atoms with Crippen LogP contribution in [0.3, 0.4) is 0 Å². The van der Waals surface area contributed by atoms with Crippen molar-refractivity contribution in [3.8, 4) is 0 Å². The van der Waals surface area contributed by atoms with Crippen molar-refractivity contribution in [1.82, 2.24) is 4.98 Å². The SMILES string of the molecule is OC(c1ccccc1)(c1ccccc1)c1ncc(C[N+]23CCC(CC2)[C@@H](Sc2ccc(F)cc2)C3)o1. The highest BCUT2D eigenvalue weighted by Crippen LogP contribution is 2.44. The van der Waals surface area contributed by atoms with Gasteiger partial charge in [-0.1, -0.05) is 60.7 Å². The molecule has 184 valence electrons. The number of rotatable bonds is 7. The fourth-order valence-corrected chi connectivity index (χ4v) is 7.41. The van der Waals surface area contributed by atoms with Gasteiger partial charge < -0.3 is 14.0 Å². The zero-order valence-electron chi connectivity index (χ0n) is 20.1. The van der Waals surface area contributed by atoms with Gasteiger partial charge in [0.1, 0.15) is 12.4 Å². The molecule has 0 radical (unpaired) electrons. The molecule has 0 aliphatic carbocycles. The van der Waals surface area contributed by atoms with E-state index < -0.39 is 5.60 Å². The largest absolute Gasteiger partial charge is 0.436 e. The van der Waals surface area contributed by atoms with Crippen LogP contribution in [-0.4, -0.2) is 39.5 Å². The van der Waals surface area contributed by atoms with E-state index in [2.05, 4.69) is 4.98 Å². The van der Waals surface area contributed by atoms with Crippen LogP contribution in [0.2, 0.25) is 0 Å². The molecule has 6 heteroatoms. The zero-order chi connectivity index (χ0) is 24.6. The van der Waals surface area contributed by atoms with Gasteiger partial charge in [-0.25, -0.2) is 9.37 Å². The van der Waals surface area contributed by atoms with Crippen LogP contribution in [0.1, 0.15) is 35.6 Å². The highest BCUT2D eigenvalue weighted by Gasteiger charge is 2.47. The Kier molecular flexibility index (Phi) is 6.20. The number of aromatic nitrogens is 1. The molecule has 2 bridgehead atoms. The number of benzene rings is 3. The zero-order valence-corrected chi connectivity index (χ0v) is 20.9. The monoisotopic (exact) mass is 501 g/mol. The Morgan fingerprint density at radius 2 is 1.53 bits per heavy atom. The Morgan fingerprint density at radius 3 is 2.14 bits per heavy atom. The molecule has 0 saturated carbocycles. The molecule has 0 spiro atoms. The van der Waals surface area contributed by atoms with Crippen molar-refractivity contribution < 1.29 is 18.4 Å². The summed E-state index contributed by atoms with van der Waals surface area (Å²) >= 11 is 1.88. The van der Waals surface area contributed by atoms with Gasteiger partial charge >= 0.3 is 0 Å². The molecule has 1 atom stereocenters. The molecule has 3 fully saturated rings. The molecule has 4 nitrogen and oxygen atoms in total. The number of thioether (sulfide) groups is 1. The summed E-state index contributed by atoms with van der Waals surface area (Å²) in [5, 5.41) is 12.5. The molecular formula is C30H30FN2O2S+. The van der Waals surface area contributed by atoms with Gasteiger partial charge in [-0.2, -0.15) is 0 Å². The summed E-state index contributed by atoms with van der Waals surface area (Å²) in [4.78, 5) is 5.74. The third-order valence-electron chi connectivity index (χ3n) is 7.88. The Hall–Kier alpha value is -2.93. The van der Waals surface area contributed by atoms with E-state index in [9.17, 15) is 9.50 Å². The van der Waals surface area contributed by atoms with Crippen LogP contribution >= 0.6 is 11.8 Å². The first-order valence-corrected chi connectivity index (χ1v) is 13.5. The minimum absolute atomic E-state index is 0.191. The molecule has 4 aromatic rings. The fraction of sp³-hybridized carbons (Fsp3) is 0.300. The van der Waals surface area contributed by atoms with Crippen LogP contribution < -0.4 is 0 Å². The van der Waals surface area contributed by atoms with Gasteiger partial charge in [0.25, 0.3) is 0 Å². The number of hydrogen-bond donors (Lipinski definition) is 1. The first kappa shape index (κ1) is 23.5. The van der Waals surface area contributed by atoms with E-state index in [4.69, 9.17) is 4.42 Å². The van der Waals surface area contributed by atoms with Gasteiger partial charge in [0.15, 0.2) is 11.4 Å². The topological polar surface area (TPSA) is 46.3 Å². The average Bonchev–Trinajstić information content (AvgIpc) is 3.39. The molecular weight excluding hydrogens is 471 g/mol. The summed E-state index contributed by atoms with van der Waals surface area (Å²) in [7, 11) is 0. The van der Waals surface area contributed by atoms with Crippen molar-refractivity contribution in [2.45, 2.75) is 35.1 Å². The van der Waals surface area contributed by atoms with Crippen molar-refractivity contribution in [2.24, 2.45) is 5.92 Å². The van der Waals surface area contributed by atoms with Gasteiger partial charge in [0.05, 0.1) is 31.1 Å². The van der Waals surface area contributed by atoms with E-state index in [1.54, 1.807) is 18.3 Å². The number of piperidine rings is 3. The lowest BCUT2D eigenvalue weighted by atomic mass is 9.85. The number of oxazole rings is 1. The highest BCUT2D eigenvalue weighted by molar-refractivity contribution is 8.00. The lowest BCUT2D eigenvalue weighted by Crippen LogP contribution is -2.62. The number of halogens is 1. The summed E-state index contributed by atoms with van der Waals surface area (Å²) < 4.78 is 20.7. The molecule has 4 heterocycles. The average molecular weight is 502 g/mol. The van der Waals surface area contributed by atoms with Crippen LogP contribution in [0.4, 0.5) is 4.39 Å². The number of fused-ring (bicyclic) bond motifs is 3. The van der Waals surface area contributed by atoms with Crippen LogP contribution in [0, 0.1) is 11.7 Å². The Labute approximate surface area is 215 Å².